The maximum atomic E-state index is 5.48. The second kappa shape index (κ2) is 7.92. The summed E-state index contributed by atoms with van der Waals surface area (Å²) in [5.41, 5.74) is 2.71. The third-order valence-corrected chi connectivity index (χ3v) is 4.73. The van der Waals surface area contributed by atoms with Crippen molar-refractivity contribution in [3.05, 3.63) is 35.4 Å². The maximum absolute atomic E-state index is 5.48. The van der Waals surface area contributed by atoms with Gasteiger partial charge in [0.1, 0.15) is 0 Å². The lowest BCUT2D eigenvalue weighted by Gasteiger charge is -2.39. The summed E-state index contributed by atoms with van der Waals surface area (Å²) in [4.78, 5) is 2.60. The molecule has 3 heteroatoms. The number of likely N-dealkylation sites (tertiary alicyclic amines) is 1. The van der Waals surface area contributed by atoms with Crippen molar-refractivity contribution in [3.8, 4) is 0 Å². The van der Waals surface area contributed by atoms with Crippen LogP contribution in [0.25, 0.3) is 0 Å². The van der Waals surface area contributed by atoms with Gasteiger partial charge >= 0.3 is 0 Å². The lowest BCUT2D eigenvalue weighted by molar-refractivity contribution is 0.0237. The molecule has 1 aliphatic heterocycles. The molecule has 1 aliphatic rings. The normalized spacial score (nSPS) is 20.4. The molecule has 3 nitrogen and oxygen atoms in total. The Hall–Kier alpha value is -0.900. The van der Waals surface area contributed by atoms with Gasteiger partial charge in [-0.3, -0.25) is 4.90 Å². The molecule has 0 radical (unpaired) electrons. The van der Waals surface area contributed by atoms with Crippen LogP contribution in [-0.4, -0.2) is 43.8 Å². The van der Waals surface area contributed by atoms with E-state index in [1.807, 2.05) is 7.11 Å². The zero-order valence-electron chi connectivity index (χ0n) is 13.9. The van der Waals surface area contributed by atoms with Crippen molar-refractivity contribution in [3.63, 3.8) is 0 Å². The minimum absolute atomic E-state index is 0.398. The summed E-state index contributed by atoms with van der Waals surface area (Å²) < 4.78 is 5.48. The number of likely N-dealkylation sites (N-methyl/N-ethyl adjacent to an activating group) is 1. The molecule has 1 fully saturated rings. The molecule has 2 atom stereocenters. The Morgan fingerprint density at radius 1 is 1.24 bits per heavy atom. The summed E-state index contributed by atoms with van der Waals surface area (Å²) in [5.74, 6) is 0. The van der Waals surface area contributed by atoms with Gasteiger partial charge in [-0.05, 0) is 38.8 Å². The summed E-state index contributed by atoms with van der Waals surface area (Å²) in [6, 6.07) is 9.86. The lowest BCUT2D eigenvalue weighted by atomic mass is 9.96. The molecule has 2 unspecified atom stereocenters. The third kappa shape index (κ3) is 4.29. The van der Waals surface area contributed by atoms with Crippen LogP contribution in [-0.2, 0) is 4.74 Å². The highest BCUT2D eigenvalue weighted by Crippen LogP contribution is 2.25. The van der Waals surface area contributed by atoms with Gasteiger partial charge in [0, 0.05) is 32.3 Å². The number of hydrogen-bond donors (Lipinski definition) is 1. The molecule has 118 valence electrons. The molecule has 0 amide bonds. The third-order valence-electron chi connectivity index (χ3n) is 4.73. The highest BCUT2D eigenvalue weighted by molar-refractivity contribution is 5.25. The van der Waals surface area contributed by atoms with Crippen LogP contribution in [0.15, 0.2) is 24.3 Å². The van der Waals surface area contributed by atoms with Gasteiger partial charge in [-0.2, -0.15) is 0 Å². The highest BCUT2D eigenvalue weighted by Gasteiger charge is 2.28. The molecule has 1 saturated heterocycles. The largest absolute Gasteiger partial charge is 0.381 e. The van der Waals surface area contributed by atoms with Crippen LogP contribution in [0.4, 0.5) is 0 Å². The fourth-order valence-corrected chi connectivity index (χ4v) is 3.29. The Bertz CT molecular complexity index is 410. The number of piperidine rings is 1. The van der Waals surface area contributed by atoms with E-state index >= 15 is 0 Å². The molecule has 0 spiro atoms. The minimum atomic E-state index is 0.398. The van der Waals surface area contributed by atoms with Crippen molar-refractivity contribution in [2.75, 3.05) is 26.7 Å². The van der Waals surface area contributed by atoms with Crippen LogP contribution in [0.2, 0.25) is 0 Å². The number of benzene rings is 1. The topological polar surface area (TPSA) is 24.5 Å². The molecule has 21 heavy (non-hydrogen) atoms. The van der Waals surface area contributed by atoms with Crippen molar-refractivity contribution >= 4 is 0 Å². The lowest BCUT2D eigenvalue weighted by Crippen LogP contribution is -2.47. The second-order valence-electron chi connectivity index (χ2n) is 6.16. The predicted octanol–water partition coefficient (Wildman–Crippen LogP) is 3.14. The van der Waals surface area contributed by atoms with Crippen molar-refractivity contribution < 1.29 is 4.74 Å². The first kappa shape index (κ1) is 16.5. The summed E-state index contributed by atoms with van der Waals surface area (Å²) >= 11 is 0. The minimum Gasteiger partial charge on any atom is -0.381 e. The average Bonchev–Trinajstić information content (AvgIpc) is 2.53. The van der Waals surface area contributed by atoms with Gasteiger partial charge in [0.25, 0.3) is 0 Å². The Balaban J connectivity index is 2.05. The number of aryl methyl sites for hydroxylation is 1. The number of nitrogens with one attached hydrogen (secondary N) is 1. The van der Waals surface area contributed by atoms with E-state index in [0.717, 1.165) is 32.5 Å². The van der Waals surface area contributed by atoms with E-state index in [0.29, 0.717) is 18.2 Å². The molecular formula is C18H30N2O. The van der Waals surface area contributed by atoms with E-state index in [9.17, 15) is 0 Å². The van der Waals surface area contributed by atoms with E-state index in [1.54, 1.807) is 0 Å². The Morgan fingerprint density at radius 2 is 1.86 bits per heavy atom. The molecule has 1 N–H and O–H groups in total. The molecule has 0 aliphatic carbocycles. The fraction of sp³-hybridized carbons (Fsp3) is 0.667. The molecule has 0 saturated carbocycles. The van der Waals surface area contributed by atoms with Gasteiger partial charge < -0.3 is 10.1 Å². The maximum Gasteiger partial charge on any atom is 0.0595 e. The van der Waals surface area contributed by atoms with E-state index in [1.165, 1.54) is 11.1 Å². The monoisotopic (exact) mass is 290 g/mol. The van der Waals surface area contributed by atoms with Gasteiger partial charge in [0.15, 0.2) is 0 Å². The first-order valence-electron chi connectivity index (χ1n) is 8.22. The van der Waals surface area contributed by atoms with E-state index in [2.05, 4.69) is 55.3 Å². The number of rotatable bonds is 6. The van der Waals surface area contributed by atoms with Crippen molar-refractivity contribution in [2.45, 2.75) is 51.8 Å². The molecule has 1 aromatic rings. The highest BCUT2D eigenvalue weighted by atomic mass is 16.5. The van der Waals surface area contributed by atoms with Crippen LogP contribution in [0, 0.1) is 6.92 Å². The van der Waals surface area contributed by atoms with Crippen LogP contribution < -0.4 is 5.32 Å². The van der Waals surface area contributed by atoms with Crippen LogP contribution in [0.5, 0.6) is 0 Å². The van der Waals surface area contributed by atoms with E-state index in [4.69, 9.17) is 4.74 Å². The molecular weight excluding hydrogens is 260 g/mol. The summed E-state index contributed by atoms with van der Waals surface area (Å²) in [6.07, 6.45) is 2.74. The van der Waals surface area contributed by atoms with Gasteiger partial charge in [0.2, 0.25) is 0 Å². The van der Waals surface area contributed by atoms with Crippen molar-refractivity contribution in [1.29, 1.82) is 0 Å². The number of hydrogen-bond acceptors (Lipinski definition) is 3. The fourth-order valence-electron chi connectivity index (χ4n) is 3.29. The predicted molar refractivity (Wildman–Crippen MR) is 88.7 cm³/mol. The molecule has 1 heterocycles. The van der Waals surface area contributed by atoms with Gasteiger partial charge in [-0.25, -0.2) is 0 Å². The van der Waals surface area contributed by atoms with Crippen molar-refractivity contribution in [2.24, 2.45) is 0 Å². The van der Waals surface area contributed by atoms with E-state index in [-0.39, 0.29) is 0 Å². The smallest absolute Gasteiger partial charge is 0.0595 e. The molecule has 0 aromatic heterocycles. The van der Waals surface area contributed by atoms with Crippen LogP contribution in [0.3, 0.4) is 0 Å². The summed E-state index contributed by atoms with van der Waals surface area (Å²) in [7, 11) is 1.83. The zero-order valence-corrected chi connectivity index (χ0v) is 13.9. The van der Waals surface area contributed by atoms with Gasteiger partial charge in [-0.1, -0.05) is 36.8 Å². The second-order valence-corrected chi connectivity index (χ2v) is 6.16. The van der Waals surface area contributed by atoms with Gasteiger partial charge in [-0.15, -0.1) is 0 Å². The van der Waals surface area contributed by atoms with Crippen LogP contribution in [0.1, 0.15) is 43.9 Å². The van der Waals surface area contributed by atoms with Gasteiger partial charge in [0.05, 0.1) is 6.10 Å². The van der Waals surface area contributed by atoms with Crippen molar-refractivity contribution in [1.82, 2.24) is 10.2 Å². The molecule has 2 rings (SSSR count). The Morgan fingerprint density at radius 3 is 2.38 bits per heavy atom. The Kier molecular flexibility index (Phi) is 6.22. The van der Waals surface area contributed by atoms with Crippen LogP contribution >= 0.6 is 0 Å². The number of methoxy groups -OCH3 is 1. The SMILES string of the molecule is CCNC(c1ccc(C)cc1)C(C)N1CCC(OC)CC1. The number of ether oxygens (including phenoxy) is 1. The first-order chi connectivity index (χ1) is 10.2. The molecule has 0 bridgehead atoms. The average molecular weight is 290 g/mol. The zero-order chi connectivity index (χ0) is 15.2. The van der Waals surface area contributed by atoms with E-state index < -0.39 is 0 Å². The molecule has 1 aromatic carbocycles. The number of nitrogens with zero attached hydrogens (tertiary/aromatic N) is 1. The Labute approximate surface area is 129 Å². The first-order valence-corrected chi connectivity index (χ1v) is 8.22. The quantitative estimate of drug-likeness (QED) is 0.871. The summed E-state index contributed by atoms with van der Waals surface area (Å²) in [5, 5.41) is 3.67. The standard InChI is InChI=1S/C18H30N2O/c1-5-19-18(16-8-6-14(2)7-9-16)15(3)20-12-10-17(21-4)11-13-20/h6-9,15,17-19H,5,10-13H2,1-4H3. The summed E-state index contributed by atoms with van der Waals surface area (Å²) in [6.45, 7) is 9.94.